The van der Waals surface area contributed by atoms with Crippen LogP contribution in [0.5, 0.6) is 0 Å². The highest BCUT2D eigenvalue weighted by molar-refractivity contribution is 6.31. The molecule has 0 radical (unpaired) electrons. The molecule has 1 heterocycles. The van der Waals surface area contributed by atoms with E-state index in [-0.39, 0.29) is 6.04 Å². The summed E-state index contributed by atoms with van der Waals surface area (Å²) in [5, 5.41) is 0.801. The molecule has 3 N–H and O–H groups in total. The Morgan fingerprint density at radius 3 is 2.76 bits per heavy atom. The summed E-state index contributed by atoms with van der Waals surface area (Å²) in [6, 6.07) is 6.16. The molecule has 1 saturated heterocycles. The van der Waals surface area contributed by atoms with Gasteiger partial charge in [0.2, 0.25) is 0 Å². The highest BCUT2D eigenvalue weighted by Gasteiger charge is 2.25. The number of nitrogens with two attached hydrogens (primary N) is 1. The third kappa shape index (κ3) is 2.80. The zero-order chi connectivity index (χ0) is 12.3. The van der Waals surface area contributed by atoms with Crippen molar-refractivity contribution in [1.82, 2.24) is 5.43 Å². The van der Waals surface area contributed by atoms with Crippen LogP contribution in [0.25, 0.3) is 0 Å². The van der Waals surface area contributed by atoms with Gasteiger partial charge in [-0.2, -0.15) is 0 Å². The summed E-state index contributed by atoms with van der Waals surface area (Å²) in [5.41, 5.74) is 5.26. The largest absolute Gasteiger partial charge is 0.381 e. The SMILES string of the molecule is Cc1c(Cl)cccc1C(NN)C1CCOCC1. The smallest absolute Gasteiger partial charge is 0.0492 e. The van der Waals surface area contributed by atoms with Crippen LogP contribution in [0.1, 0.15) is 30.0 Å². The Bertz CT molecular complexity index is 378. The summed E-state index contributed by atoms with van der Waals surface area (Å²) < 4.78 is 5.39. The maximum absolute atomic E-state index is 6.16. The molecule has 0 spiro atoms. The average molecular weight is 255 g/mol. The minimum atomic E-state index is 0.164. The van der Waals surface area contributed by atoms with E-state index in [0.29, 0.717) is 5.92 Å². The monoisotopic (exact) mass is 254 g/mol. The van der Waals surface area contributed by atoms with Crippen LogP contribution in [0, 0.1) is 12.8 Å². The molecule has 1 aromatic rings. The molecular weight excluding hydrogens is 236 g/mol. The molecule has 17 heavy (non-hydrogen) atoms. The van der Waals surface area contributed by atoms with Gasteiger partial charge in [-0.25, -0.2) is 0 Å². The molecule has 3 nitrogen and oxygen atoms in total. The van der Waals surface area contributed by atoms with Crippen molar-refractivity contribution in [3.8, 4) is 0 Å². The number of hydrazine groups is 1. The Morgan fingerprint density at radius 1 is 1.41 bits per heavy atom. The molecular formula is C13H19ClN2O. The topological polar surface area (TPSA) is 47.3 Å². The number of nitrogens with one attached hydrogen (secondary N) is 1. The van der Waals surface area contributed by atoms with Crippen molar-refractivity contribution in [1.29, 1.82) is 0 Å². The third-order valence-electron chi connectivity index (χ3n) is 3.56. The molecule has 0 amide bonds. The number of benzene rings is 1. The zero-order valence-corrected chi connectivity index (χ0v) is 10.8. The van der Waals surface area contributed by atoms with Gasteiger partial charge in [-0.3, -0.25) is 11.3 Å². The second kappa shape index (κ2) is 5.83. The number of hydrogen-bond donors (Lipinski definition) is 2. The molecule has 1 aliphatic heterocycles. The van der Waals surface area contributed by atoms with Crippen molar-refractivity contribution >= 4 is 11.6 Å². The Kier molecular flexibility index (Phi) is 4.40. The van der Waals surface area contributed by atoms with E-state index in [4.69, 9.17) is 22.2 Å². The van der Waals surface area contributed by atoms with Gasteiger partial charge in [0.05, 0.1) is 0 Å². The Labute approximate surface area is 107 Å². The third-order valence-corrected chi connectivity index (χ3v) is 3.97. The van der Waals surface area contributed by atoms with Gasteiger partial charge in [0, 0.05) is 24.3 Å². The molecule has 0 aliphatic carbocycles. The lowest BCUT2D eigenvalue weighted by Crippen LogP contribution is -2.36. The normalized spacial score (nSPS) is 19.2. The lowest BCUT2D eigenvalue weighted by Gasteiger charge is -2.31. The molecule has 1 unspecified atom stereocenters. The van der Waals surface area contributed by atoms with Gasteiger partial charge in [-0.15, -0.1) is 0 Å². The quantitative estimate of drug-likeness (QED) is 0.644. The minimum Gasteiger partial charge on any atom is -0.381 e. The molecule has 0 aromatic heterocycles. The first kappa shape index (κ1) is 12.8. The van der Waals surface area contributed by atoms with Crippen molar-refractivity contribution in [2.75, 3.05) is 13.2 Å². The Balaban J connectivity index is 2.24. The second-order valence-corrected chi connectivity index (χ2v) is 4.96. The maximum Gasteiger partial charge on any atom is 0.0492 e. The van der Waals surface area contributed by atoms with Crippen LogP contribution in [0.15, 0.2) is 18.2 Å². The van der Waals surface area contributed by atoms with E-state index in [0.717, 1.165) is 36.6 Å². The van der Waals surface area contributed by atoms with Gasteiger partial charge < -0.3 is 4.74 Å². The van der Waals surface area contributed by atoms with Crippen molar-refractivity contribution in [3.05, 3.63) is 34.3 Å². The van der Waals surface area contributed by atoms with Crippen LogP contribution in [0.3, 0.4) is 0 Å². The van der Waals surface area contributed by atoms with E-state index in [9.17, 15) is 0 Å². The number of halogens is 1. The highest BCUT2D eigenvalue weighted by atomic mass is 35.5. The van der Waals surface area contributed by atoms with Crippen molar-refractivity contribution in [2.45, 2.75) is 25.8 Å². The predicted molar refractivity (Wildman–Crippen MR) is 69.8 cm³/mol. The summed E-state index contributed by atoms with van der Waals surface area (Å²) in [5.74, 6) is 6.24. The molecule has 1 aromatic carbocycles. The molecule has 0 bridgehead atoms. The summed E-state index contributed by atoms with van der Waals surface area (Å²) in [6.45, 7) is 3.69. The van der Waals surface area contributed by atoms with Crippen LogP contribution < -0.4 is 11.3 Å². The summed E-state index contributed by atoms with van der Waals surface area (Å²) in [6.07, 6.45) is 2.08. The first-order chi connectivity index (χ1) is 8.24. The van der Waals surface area contributed by atoms with Gasteiger partial charge in [0.15, 0.2) is 0 Å². The van der Waals surface area contributed by atoms with Crippen molar-refractivity contribution in [3.63, 3.8) is 0 Å². The lowest BCUT2D eigenvalue weighted by atomic mass is 9.86. The lowest BCUT2D eigenvalue weighted by molar-refractivity contribution is 0.0535. The Morgan fingerprint density at radius 2 is 2.12 bits per heavy atom. The number of rotatable bonds is 3. The second-order valence-electron chi connectivity index (χ2n) is 4.55. The predicted octanol–water partition coefficient (Wildman–Crippen LogP) is 2.58. The van der Waals surface area contributed by atoms with Gasteiger partial charge in [-0.1, -0.05) is 23.7 Å². The van der Waals surface area contributed by atoms with E-state index in [1.54, 1.807) is 0 Å². The van der Waals surface area contributed by atoms with E-state index in [1.165, 1.54) is 5.56 Å². The van der Waals surface area contributed by atoms with Crippen LogP contribution in [-0.4, -0.2) is 13.2 Å². The highest BCUT2D eigenvalue weighted by Crippen LogP contribution is 2.33. The zero-order valence-electron chi connectivity index (χ0n) is 10.1. The maximum atomic E-state index is 6.16. The summed E-state index contributed by atoms with van der Waals surface area (Å²) >= 11 is 6.16. The fourth-order valence-electron chi connectivity index (χ4n) is 2.49. The van der Waals surface area contributed by atoms with E-state index >= 15 is 0 Å². The molecule has 1 atom stereocenters. The first-order valence-electron chi connectivity index (χ1n) is 6.03. The van der Waals surface area contributed by atoms with Crippen LogP contribution in [-0.2, 0) is 4.74 Å². The molecule has 2 rings (SSSR count). The van der Waals surface area contributed by atoms with Crippen LogP contribution in [0.2, 0.25) is 5.02 Å². The molecule has 0 saturated carbocycles. The fourth-order valence-corrected chi connectivity index (χ4v) is 2.67. The van der Waals surface area contributed by atoms with E-state index in [1.807, 2.05) is 19.1 Å². The first-order valence-corrected chi connectivity index (χ1v) is 6.40. The van der Waals surface area contributed by atoms with Crippen molar-refractivity contribution < 1.29 is 4.74 Å². The summed E-state index contributed by atoms with van der Waals surface area (Å²) in [4.78, 5) is 0. The van der Waals surface area contributed by atoms with E-state index < -0.39 is 0 Å². The fraction of sp³-hybridized carbons (Fsp3) is 0.538. The van der Waals surface area contributed by atoms with E-state index in [2.05, 4.69) is 11.5 Å². The Hall–Kier alpha value is -0.610. The van der Waals surface area contributed by atoms with Crippen molar-refractivity contribution in [2.24, 2.45) is 11.8 Å². The van der Waals surface area contributed by atoms with Gasteiger partial charge in [-0.05, 0) is 42.9 Å². The molecule has 1 fully saturated rings. The number of ether oxygens (including phenoxy) is 1. The van der Waals surface area contributed by atoms with Gasteiger partial charge in [0.25, 0.3) is 0 Å². The standard InChI is InChI=1S/C13H19ClN2O/c1-9-11(3-2-4-12(9)14)13(16-15)10-5-7-17-8-6-10/h2-4,10,13,16H,5-8,15H2,1H3. The van der Waals surface area contributed by atoms with Gasteiger partial charge >= 0.3 is 0 Å². The van der Waals surface area contributed by atoms with Gasteiger partial charge in [0.1, 0.15) is 0 Å². The molecule has 4 heteroatoms. The average Bonchev–Trinajstić information content (AvgIpc) is 2.37. The molecule has 94 valence electrons. The molecule has 1 aliphatic rings. The van der Waals surface area contributed by atoms with Crippen LogP contribution in [0.4, 0.5) is 0 Å². The number of hydrogen-bond acceptors (Lipinski definition) is 3. The summed E-state index contributed by atoms with van der Waals surface area (Å²) in [7, 11) is 0. The minimum absolute atomic E-state index is 0.164. The van der Waals surface area contributed by atoms with Crippen LogP contribution >= 0.6 is 11.6 Å².